The van der Waals surface area contributed by atoms with Crippen molar-refractivity contribution in [3.05, 3.63) is 79.9 Å². The summed E-state index contributed by atoms with van der Waals surface area (Å²) in [6, 6.07) is 8.77. The fourth-order valence-corrected chi connectivity index (χ4v) is 3.63. The minimum Gasteiger partial charge on any atom is -0.493 e. The second-order valence-corrected chi connectivity index (χ2v) is 7.50. The van der Waals surface area contributed by atoms with Crippen molar-refractivity contribution in [2.45, 2.75) is 13.8 Å². The predicted molar refractivity (Wildman–Crippen MR) is 123 cm³/mol. The van der Waals surface area contributed by atoms with E-state index in [2.05, 4.69) is 5.32 Å². The Labute approximate surface area is 195 Å². The molecule has 0 bridgehead atoms. The summed E-state index contributed by atoms with van der Waals surface area (Å²) < 4.78 is 21.0. The highest BCUT2D eigenvalue weighted by Gasteiger charge is 2.22. The Balaban J connectivity index is 2.06. The molecule has 0 fully saturated rings. The van der Waals surface area contributed by atoms with Gasteiger partial charge in [0.15, 0.2) is 17.3 Å². The van der Waals surface area contributed by atoms with Gasteiger partial charge in [-0.1, -0.05) is 11.6 Å². The van der Waals surface area contributed by atoms with E-state index in [1.54, 1.807) is 13.0 Å². The molecule has 1 heterocycles. The van der Waals surface area contributed by atoms with Crippen molar-refractivity contribution in [3.8, 4) is 17.2 Å². The summed E-state index contributed by atoms with van der Waals surface area (Å²) >= 11 is 6.15. The van der Waals surface area contributed by atoms with Gasteiger partial charge >= 0.3 is 5.63 Å². The molecule has 0 aliphatic rings. The van der Waals surface area contributed by atoms with E-state index in [0.717, 1.165) is 0 Å². The second kappa shape index (κ2) is 9.79. The number of amides is 1. The topological polar surface area (TPSA) is 104 Å². The van der Waals surface area contributed by atoms with Gasteiger partial charge in [0.25, 0.3) is 5.91 Å². The standard InChI is InChI=1S/C24H22ClNO7/c1-12-8-20(27)33-13(2)21(12)24(29)26-17-7-6-15(25)11-16(17)22(28)14-9-18(30-3)23(32-5)19(10-14)31-4/h6-11H,1-5H3,(H,26,29). The Hall–Kier alpha value is -3.78. The molecule has 9 heteroatoms. The number of rotatable bonds is 7. The van der Waals surface area contributed by atoms with Gasteiger partial charge in [-0.2, -0.15) is 0 Å². The average Bonchev–Trinajstić information content (AvgIpc) is 2.77. The van der Waals surface area contributed by atoms with Crippen LogP contribution in [0.15, 0.2) is 45.6 Å². The summed E-state index contributed by atoms with van der Waals surface area (Å²) in [4.78, 5) is 37.9. The summed E-state index contributed by atoms with van der Waals surface area (Å²) in [6.07, 6.45) is 0. The number of benzene rings is 2. The number of hydrogen-bond acceptors (Lipinski definition) is 7. The summed E-state index contributed by atoms with van der Waals surface area (Å²) in [5.74, 6) is 0.156. The Morgan fingerprint density at radius 3 is 2.12 bits per heavy atom. The van der Waals surface area contributed by atoms with Crippen LogP contribution in [0.2, 0.25) is 5.02 Å². The molecule has 0 saturated heterocycles. The zero-order valence-corrected chi connectivity index (χ0v) is 19.5. The number of halogens is 1. The molecule has 2 aromatic carbocycles. The molecule has 8 nitrogen and oxygen atoms in total. The van der Waals surface area contributed by atoms with Crippen LogP contribution < -0.4 is 25.2 Å². The Kier molecular flexibility index (Phi) is 7.08. The number of methoxy groups -OCH3 is 3. The molecule has 0 aliphatic heterocycles. The van der Waals surface area contributed by atoms with Crippen LogP contribution in [0.4, 0.5) is 5.69 Å². The lowest BCUT2D eigenvalue weighted by molar-refractivity contribution is 0.102. The number of carbonyl (C=O) groups excluding carboxylic acids is 2. The van der Waals surface area contributed by atoms with Gasteiger partial charge in [0.1, 0.15) is 5.76 Å². The molecule has 0 saturated carbocycles. The van der Waals surface area contributed by atoms with Gasteiger partial charge in [-0.3, -0.25) is 9.59 Å². The molecule has 1 aromatic heterocycles. The van der Waals surface area contributed by atoms with Gasteiger partial charge in [-0.05, 0) is 49.7 Å². The van der Waals surface area contributed by atoms with Gasteiger partial charge in [-0.25, -0.2) is 4.79 Å². The largest absolute Gasteiger partial charge is 0.493 e. The number of ketones is 1. The molecule has 1 amide bonds. The zero-order chi connectivity index (χ0) is 24.3. The molecular formula is C24H22ClNO7. The molecule has 0 atom stereocenters. The predicted octanol–water partition coefficient (Wildman–Crippen LogP) is 4.42. The van der Waals surface area contributed by atoms with Crippen molar-refractivity contribution in [1.82, 2.24) is 0 Å². The molecule has 0 spiro atoms. The highest BCUT2D eigenvalue weighted by atomic mass is 35.5. The van der Waals surface area contributed by atoms with E-state index in [1.807, 2.05) is 0 Å². The number of ether oxygens (including phenoxy) is 3. The smallest absolute Gasteiger partial charge is 0.336 e. The van der Waals surface area contributed by atoms with E-state index >= 15 is 0 Å². The lowest BCUT2D eigenvalue weighted by Gasteiger charge is -2.15. The molecule has 3 aromatic rings. The van der Waals surface area contributed by atoms with Crippen LogP contribution in [0.3, 0.4) is 0 Å². The van der Waals surface area contributed by atoms with Crippen molar-refractivity contribution < 1.29 is 28.2 Å². The lowest BCUT2D eigenvalue weighted by Crippen LogP contribution is -2.19. The first-order chi connectivity index (χ1) is 15.7. The first-order valence-electron chi connectivity index (χ1n) is 9.77. The zero-order valence-electron chi connectivity index (χ0n) is 18.7. The summed E-state index contributed by atoms with van der Waals surface area (Å²) in [5.41, 5.74) is 0.723. The third kappa shape index (κ3) is 4.85. The van der Waals surface area contributed by atoms with Crippen LogP contribution in [0, 0.1) is 13.8 Å². The Morgan fingerprint density at radius 2 is 1.58 bits per heavy atom. The monoisotopic (exact) mass is 471 g/mol. The normalized spacial score (nSPS) is 10.5. The van der Waals surface area contributed by atoms with Crippen LogP contribution in [0.25, 0.3) is 0 Å². The van der Waals surface area contributed by atoms with E-state index in [9.17, 15) is 14.4 Å². The molecule has 0 unspecified atom stereocenters. The maximum absolute atomic E-state index is 13.4. The lowest BCUT2D eigenvalue weighted by atomic mass is 10.00. The summed E-state index contributed by atoms with van der Waals surface area (Å²) in [7, 11) is 4.35. The van der Waals surface area contributed by atoms with Crippen LogP contribution in [-0.4, -0.2) is 33.0 Å². The van der Waals surface area contributed by atoms with E-state index in [0.29, 0.717) is 27.8 Å². The maximum atomic E-state index is 13.4. The number of nitrogens with one attached hydrogen (secondary N) is 1. The van der Waals surface area contributed by atoms with Gasteiger partial charge in [0.2, 0.25) is 5.75 Å². The Morgan fingerprint density at radius 1 is 0.939 bits per heavy atom. The molecule has 33 heavy (non-hydrogen) atoms. The molecule has 1 N–H and O–H groups in total. The third-order valence-corrected chi connectivity index (χ3v) is 5.20. The fraction of sp³-hybridized carbons (Fsp3) is 0.208. The first-order valence-corrected chi connectivity index (χ1v) is 10.1. The van der Waals surface area contributed by atoms with Crippen molar-refractivity contribution in [1.29, 1.82) is 0 Å². The SMILES string of the molecule is COc1cc(C(=O)c2cc(Cl)ccc2NC(=O)c2c(C)cc(=O)oc2C)cc(OC)c1OC. The van der Waals surface area contributed by atoms with Gasteiger partial charge in [-0.15, -0.1) is 0 Å². The van der Waals surface area contributed by atoms with E-state index in [1.165, 1.54) is 58.6 Å². The van der Waals surface area contributed by atoms with Crippen LogP contribution in [0.1, 0.15) is 37.6 Å². The van der Waals surface area contributed by atoms with Crippen molar-refractivity contribution in [3.63, 3.8) is 0 Å². The number of anilines is 1. The quantitative estimate of drug-likeness (QED) is 0.508. The highest BCUT2D eigenvalue weighted by Crippen LogP contribution is 2.39. The van der Waals surface area contributed by atoms with Crippen LogP contribution >= 0.6 is 11.6 Å². The summed E-state index contributed by atoms with van der Waals surface area (Å²) in [5, 5.41) is 3.03. The second-order valence-electron chi connectivity index (χ2n) is 7.07. The molecule has 0 aliphatic carbocycles. The number of hydrogen-bond donors (Lipinski definition) is 1. The molecular weight excluding hydrogens is 450 g/mol. The molecule has 0 radical (unpaired) electrons. The number of aryl methyl sites for hydroxylation is 2. The van der Waals surface area contributed by atoms with E-state index < -0.39 is 17.3 Å². The van der Waals surface area contributed by atoms with Crippen LogP contribution in [0.5, 0.6) is 17.2 Å². The van der Waals surface area contributed by atoms with E-state index in [4.69, 9.17) is 30.2 Å². The van der Waals surface area contributed by atoms with Gasteiger partial charge < -0.3 is 23.9 Å². The summed E-state index contributed by atoms with van der Waals surface area (Å²) in [6.45, 7) is 3.15. The van der Waals surface area contributed by atoms with Crippen molar-refractivity contribution >= 4 is 29.0 Å². The fourth-order valence-electron chi connectivity index (χ4n) is 3.46. The minimum absolute atomic E-state index is 0.151. The van der Waals surface area contributed by atoms with Crippen molar-refractivity contribution in [2.24, 2.45) is 0 Å². The maximum Gasteiger partial charge on any atom is 0.336 e. The molecule has 3 rings (SSSR count). The molecule has 172 valence electrons. The number of carbonyl (C=O) groups is 2. The minimum atomic E-state index is -0.550. The average molecular weight is 472 g/mol. The van der Waals surface area contributed by atoms with E-state index in [-0.39, 0.29) is 28.1 Å². The van der Waals surface area contributed by atoms with Crippen LogP contribution in [-0.2, 0) is 0 Å². The van der Waals surface area contributed by atoms with Crippen molar-refractivity contribution in [2.75, 3.05) is 26.6 Å². The first kappa shape index (κ1) is 23.9. The van der Waals surface area contributed by atoms with Gasteiger partial charge in [0, 0.05) is 22.2 Å². The Bertz CT molecular complexity index is 1250. The highest BCUT2D eigenvalue weighted by molar-refractivity contribution is 6.31. The van der Waals surface area contributed by atoms with Gasteiger partial charge in [0.05, 0.1) is 32.6 Å². The third-order valence-electron chi connectivity index (χ3n) is 4.96.